The minimum absolute atomic E-state index is 0.0468. The molecule has 1 aromatic carbocycles. The summed E-state index contributed by atoms with van der Waals surface area (Å²) in [6, 6.07) is 6.43. The second kappa shape index (κ2) is 7.96. The number of nitrogens with one attached hydrogen (secondary N) is 1. The lowest BCUT2D eigenvalue weighted by Gasteiger charge is -2.50. The van der Waals surface area contributed by atoms with Gasteiger partial charge in [0.05, 0.1) is 11.6 Å². The highest BCUT2D eigenvalue weighted by atomic mass is 79.9. The summed E-state index contributed by atoms with van der Waals surface area (Å²) in [6.45, 7) is 6.05. The lowest BCUT2D eigenvalue weighted by molar-refractivity contribution is -0.0165. The summed E-state index contributed by atoms with van der Waals surface area (Å²) in [5, 5.41) is 10.0. The highest BCUT2D eigenvalue weighted by molar-refractivity contribution is 9.10. The molecule has 1 spiro atoms. The molecule has 2 N–H and O–H groups in total. The Bertz CT molecular complexity index is 670. The van der Waals surface area contributed by atoms with Crippen molar-refractivity contribution in [3.63, 3.8) is 0 Å². The molecule has 1 fully saturated rings. The van der Waals surface area contributed by atoms with E-state index in [2.05, 4.69) is 38.9 Å². The fraction of sp³-hybridized carbons (Fsp3) is 0.714. The van der Waals surface area contributed by atoms with E-state index in [0.717, 1.165) is 36.6 Å². The van der Waals surface area contributed by atoms with Crippen LogP contribution < -0.4 is 4.72 Å². The van der Waals surface area contributed by atoms with Gasteiger partial charge in [0.2, 0.25) is 0 Å². The van der Waals surface area contributed by atoms with Crippen LogP contribution in [0.25, 0.3) is 0 Å². The first kappa shape index (κ1) is 21.6. The number of hydrogen-bond acceptors (Lipinski definition) is 4. The van der Waals surface area contributed by atoms with Crippen LogP contribution >= 0.6 is 15.9 Å². The lowest BCUT2D eigenvalue weighted by Crippen LogP contribution is -2.60. The Morgan fingerprint density at radius 2 is 2.00 bits per heavy atom. The van der Waals surface area contributed by atoms with Gasteiger partial charge in [-0.1, -0.05) is 22.0 Å². The van der Waals surface area contributed by atoms with Crippen LogP contribution in [0.1, 0.15) is 64.0 Å². The maximum atomic E-state index is 13.2. The number of fused-ring (bicyclic) bond motifs is 1. The van der Waals surface area contributed by atoms with Crippen molar-refractivity contribution >= 4 is 27.3 Å². The minimum Gasteiger partial charge on any atom is -0.598 e. The van der Waals surface area contributed by atoms with Crippen molar-refractivity contribution in [2.75, 3.05) is 13.7 Å². The fourth-order valence-electron chi connectivity index (χ4n) is 4.98. The topological polar surface area (TPSA) is 64.5 Å². The summed E-state index contributed by atoms with van der Waals surface area (Å²) in [5.41, 5.74) is 1.97. The van der Waals surface area contributed by atoms with Crippen LogP contribution in [-0.4, -0.2) is 34.2 Å². The number of methoxy groups -OCH3 is 1. The van der Waals surface area contributed by atoms with E-state index in [1.807, 2.05) is 20.8 Å². The molecular weight excluding hydrogens is 426 g/mol. The van der Waals surface area contributed by atoms with Crippen molar-refractivity contribution in [2.45, 2.75) is 75.7 Å². The first-order valence-electron chi connectivity index (χ1n) is 9.80. The monoisotopic (exact) mass is 457 g/mol. The Morgan fingerprint density at radius 3 is 2.56 bits per heavy atom. The van der Waals surface area contributed by atoms with Crippen molar-refractivity contribution in [2.24, 2.45) is 5.41 Å². The zero-order valence-corrected chi connectivity index (χ0v) is 19.2. The molecule has 3 rings (SSSR count). The standard InChI is InChI=1S/C21H32BrNO3S/c1-19(2,3)27(25)23-21(11-12-24)18-13-16(22)6-5-15(18)14-20(21)9-7-17(26-4)8-10-20/h5-6,13,17,23-24H,7-12,14H2,1-4H3/t17-,20-,21?,27?. The number of benzene rings is 1. The number of hydrogen-bond donors (Lipinski definition) is 2. The average molecular weight is 458 g/mol. The summed E-state index contributed by atoms with van der Waals surface area (Å²) < 4.78 is 23.1. The maximum Gasteiger partial charge on any atom is 0.136 e. The number of ether oxygens (including phenoxy) is 1. The number of halogens is 1. The molecule has 0 aromatic heterocycles. The van der Waals surface area contributed by atoms with E-state index in [9.17, 15) is 9.66 Å². The number of aliphatic hydroxyl groups excluding tert-OH is 1. The molecule has 1 saturated carbocycles. The van der Waals surface area contributed by atoms with Gasteiger partial charge < -0.3 is 14.4 Å². The summed E-state index contributed by atoms with van der Waals surface area (Å²) in [5.74, 6) is 0. The van der Waals surface area contributed by atoms with E-state index in [1.165, 1.54) is 11.1 Å². The Hall–Kier alpha value is -0.110. The Labute approximate surface area is 174 Å². The molecule has 1 aromatic rings. The van der Waals surface area contributed by atoms with Gasteiger partial charge in [-0.15, -0.1) is 4.72 Å². The van der Waals surface area contributed by atoms with E-state index in [1.54, 1.807) is 7.11 Å². The lowest BCUT2D eigenvalue weighted by atomic mass is 9.61. The largest absolute Gasteiger partial charge is 0.598 e. The van der Waals surface area contributed by atoms with E-state index >= 15 is 0 Å². The third-order valence-corrected chi connectivity index (χ3v) is 8.64. The molecule has 0 radical (unpaired) electrons. The molecule has 0 heterocycles. The van der Waals surface area contributed by atoms with Crippen LogP contribution in [0.2, 0.25) is 0 Å². The van der Waals surface area contributed by atoms with E-state index in [-0.39, 0.29) is 16.8 Å². The summed E-state index contributed by atoms with van der Waals surface area (Å²) in [6.07, 6.45) is 5.84. The summed E-state index contributed by atoms with van der Waals surface area (Å²) >= 11 is 2.39. The van der Waals surface area contributed by atoms with Gasteiger partial charge in [0, 0.05) is 35.0 Å². The van der Waals surface area contributed by atoms with Gasteiger partial charge in [0.15, 0.2) is 0 Å². The molecule has 4 nitrogen and oxygen atoms in total. The van der Waals surface area contributed by atoms with Crippen LogP contribution in [-0.2, 0) is 28.1 Å². The van der Waals surface area contributed by atoms with Crippen LogP contribution in [0.5, 0.6) is 0 Å². The van der Waals surface area contributed by atoms with Crippen LogP contribution in [0.3, 0.4) is 0 Å². The van der Waals surface area contributed by atoms with Gasteiger partial charge in [-0.2, -0.15) is 0 Å². The van der Waals surface area contributed by atoms with Crippen LogP contribution in [0.4, 0.5) is 0 Å². The molecular formula is C21H32BrNO3S. The van der Waals surface area contributed by atoms with E-state index in [0.29, 0.717) is 12.5 Å². The molecule has 2 aliphatic carbocycles. The predicted molar refractivity (Wildman–Crippen MR) is 114 cm³/mol. The van der Waals surface area contributed by atoms with Crippen molar-refractivity contribution in [1.82, 2.24) is 4.72 Å². The molecule has 27 heavy (non-hydrogen) atoms. The molecule has 2 atom stereocenters. The zero-order valence-electron chi connectivity index (χ0n) is 16.8. The molecule has 2 unspecified atom stereocenters. The summed E-state index contributed by atoms with van der Waals surface area (Å²) in [4.78, 5) is 0. The molecule has 6 heteroatoms. The van der Waals surface area contributed by atoms with Gasteiger partial charge >= 0.3 is 0 Å². The van der Waals surface area contributed by atoms with Crippen molar-refractivity contribution in [1.29, 1.82) is 0 Å². The Kier molecular flexibility index (Phi) is 6.37. The van der Waals surface area contributed by atoms with Gasteiger partial charge in [-0.25, -0.2) is 0 Å². The zero-order chi connectivity index (χ0) is 19.9. The van der Waals surface area contributed by atoms with Crippen molar-refractivity contribution in [3.8, 4) is 0 Å². The molecule has 152 valence electrons. The molecule has 0 bridgehead atoms. The average Bonchev–Trinajstić information content (AvgIpc) is 2.85. The Balaban J connectivity index is 2.09. The van der Waals surface area contributed by atoms with Gasteiger partial charge in [-0.3, -0.25) is 0 Å². The third kappa shape index (κ3) is 3.86. The predicted octanol–water partition coefficient (Wildman–Crippen LogP) is 4.21. The quantitative estimate of drug-likeness (QED) is 0.649. The molecule has 0 amide bonds. The first-order valence-corrected chi connectivity index (χ1v) is 11.7. The Morgan fingerprint density at radius 1 is 1.33 bits per heavy atom. The normalized spacial score (nSPS) is 31.9. The second-order valence-corrected chi connectivity index (χ2v) is 11.9. The van der Waals surface area contributed by atoms with Crippen molar-refractivity contribution < 1.29 is 14.4 Å². The van der Waals surface area contributed by atoms with Gasteiger partial charge in [0.25, 0.3) is 0 Å². The molecule has 2 aliphatic rings. The third-order valence-electron chi connectivity index (χ3n) is 6.50. The SMILES string of the molecule is CO[C@H]1CC[C@]2(CC1)Cc1ccc(Br)cc1C2(CCO)N[S+]([O-])C(C)(C)C. The second-order valence-electron chi connectivity index (χ2n) is 9.06. The number of rotatable bonds is 5. The van der Waals surface area contributed by atoms with E-state index < -0.39 is 16.9 Å². The van der Waals surface area contributed by atoms with Crippen LogP contribution in [0.15, 0.2) is 22.7 Å². The van der Waals surface area contributed by atoms with Gasteiger partial charge in [0.1, 0.15) is 4.75 Å². The molecule has 0 saturated heterocycles. The van der Waals surface area contributed by atoms with Gasteiger partial charge in [-0.05, 0) is 82.6 Å². The first-order chi connectivity index (χ1) is 12.7. The smallest absolute Gasteiger partial charge is 0.136 e. The van der Waals surface area contributed by atoms with E-state index in [4.69, 9.17) is 4.74 Å². The maximum absolute atomic E-state index is 13.2. The number of aliphatic hydroxyl groups is 1. The molecule has 0 aliphatic heterocycles. The highest BCUT2D eigenvalue weighted by Crippen LogP contribution is 2.60. The van der Waals surface area contributed by atoms with Crippen LogP contribution in [0, 0.1) is 5.41 Å². The fourth-order valence-corrected chi connectivity index (χ4v) is 6.39. The highest BCUT2D eigenvalue weighted by Gasteiger charge is 2.60. The summed E-state index contributed by atoms with van der Waals surface area (Å²) in [7, 11) is 1.79. The van der Waals surface area contributed by atoms with Crippen molar-refractivity contribution in [3.05, 3.63) is 33.8 Å². The minimum atomic E-state index is -1.23.